The van der Waals surface area contributed by atoms with E-state index in [0.717, 1.165) is 11.6 Å². The Bertz CT molecular complexity index is 423. The molecule has 0 N–H and O–H groups in total. The largest absolute Gasteiger partial charge is 1.00 e. The van der Waals surface area contributed by atoms with Crippen molar-refractivity contribution in [3.63, 3.8) is 0 Å². The van der Waals surface area contributed by atoms with Crippen molar-refractivity contribution in [3.05, 3.63) is 54.3 Å². The van der Waals surface area contributed by atoms with Gasteiger partial charge in [0, 0.05) is 6.08 Å². The second-order valence-corrected chi connectivity index (χ2v) is 2.80. The van der Waals surface area contributed by atoms with E-state index in [9.17, 15) is 14.7 Å². The summed E-state index contributed by atoms with van der Waals surface area (Å²) in [6.45, 7) is 0. The molecule has 17 heavy (non-hydrogen) atoms. The Morgan fingerprint density at radius 3 is 2.35 bits per heavy atom. The number of esters is 1. The molecule has 0 aliphatic carbocycles. The van der Waals surface area contributed by atoms with Gasteiger partial charge in [-0.05, 0) is 17.7 Å². The molecule has 0 amide bonds. The summed E-state index contributed by atoms with van der Waals surface area (Å²) in [5, 5.41) is 9.98. The van der Waals surface area contributed by atoms with Crippen LogP contribution in [0.4, 0.5) is 0 Å². The van der Waals surface area contributed by atoms with Gasteiger partial charge < -0.3 is 14.6 Å². The molecule has 0 spiro atoms. The average molecular weight is 240 g/mol. The van der Waals surface area contributed by atoms with Crippen molar-refractivity contribution in [2.45, 2.75) is 0 Å². The third-order valence-electron chi connectivity index (χ3n) is 1.60. The molecule has 0 aliphatic rings. The zero-order valence-corrected chi connectivity index (χ0v) is 11.3. The number of hydrogen-bond donors (Lipinski definition) is 0. The van der Waals surface area contributed by atoms with Crippen LogP contribution in [0.15, 0.2) is 48.7 Å². The van der Waals surface area contributed by atoms with E-state index >= 15 is 0 Å². The smallest absolute Gasteiger partial charge is 0.545 e. The van der Waals surface area contributed by atoms with E-state index in [0.29, 0.717) is 6.08 Å². The maximum absolute atomic E-state index is 10.9. The number of benzene rings is 1. The molecule has 0 saturated heterocycles. The van der Waals surface area contributed by atoms with Crippen molar-refractivity contribution >= 4 is 18.0 Å². The van der Waals surface area contributed by atoms with E-state index in [4.69, 9.17) is 0 Å². The third kappa shape index (κ3) is 7.52. The molecule has 1 aromatic rings. The van der Waals surface area contributed by atoms with Crippen LogP contribution >= 0.6 is 0 Å². The van der Waals surface area contributed by atoms with Crippen molar-refractivity contribution < 1.29 is 49.0 Å². The van der Waals surface area contributed by atoms with Gasteiger partial charge in [-0.25, -0.2) is 4.79 Å². The van der Waals surface area contributed by atoms with Crippen molar-refractivity contribution in [2.75, 3.05) is 0 Å². The number of carboxylic acids is 1. The van der Waals surface area contributed by atoms with Gasteiger partial charge in [-0.2, -0.15) is 0 Å². The van der Waals surface area contributed by atoms with Gasteiger partial charge in [0.2, 0.25) is 0 Å². The molecule has 5 heteroatoms. The normalized spacial score (nSPS) is 10.1. The molecule has 0 heterocycles. The average Bonchev–Trinajstić information content (AvgIpc) is 2.28. The first-order valence-corrected chi connectivity index (χ1v) is 4.50. The topological polar surface area (TPSA) is 66.4 Å². The summed E-state index contributed by atoms with van der Waals surface area (Å²) in [6, 6.07) is 9.23. The minimum atomic E-state index is -1.44. The zero-order valence-electron chi connectivity index (χ0n) is 9.33. The molecule has 0 bridgehead atoms. The van der Waals surface area contributed by atoms with E-state index in [2.05, 4.69) is 4.74 Å². The molecule has 0 atom stereocenters. The summed E-state index contributed by atoms with van der Waals surface area (Å²) in [7, 11) is 0. The van der Waals surface area contributed by atoms with Crippen molar-refractivity contribution in [1.29, 1.82) is 0 Å². The number of aliphatic carboxylic acids is 1. The molecule has 0 saturated carbocycles. The van der Waals surface area contributed by atoms with E-state index in [1.807, 2.05) is 30.3 Å². The Balaban J connectivity index is 0.00000256. The number of carboxylic acid groups (broad SMARTS) is 1. The Morgan fingerprint density at radius 1 is 1.12 bits per heavy atom. The molecule has 0 fully saturated rings. The minimum Gasteiger partial charge on any atom is -0.545 e. The Kier molecular flexibility index (Phi) is 8.05. The van der Waals surface area contributed by atoms with Gasteiger partial charge in [0.15, 0.2) is 0 Å². The fourth-order valence-electron chi connectivity index (χ4n) is 0.919. The first-order valence-electron chi connectivity index (χ1n) is 4.50. The van der Waals surface area contributed by atoms with Gasteiger partial charge in [-0.3, -0.25) is 0 Å². The number of ether oxygens (including phenoxy) is 1. The molecule has 82 valence electrons. The molecule has 0 unspecified atom stereocenters. The van der Waals surface area contributed by atoms with Gasteiger partial charge >= 0.3 is 35.5 Å². The SMILES string of the molecule is O=C([O-])/C=C\C(=O)OC=Cc1ccccc1.[Na+]. The molecular formula is C12H9NaO4. The molecule has 0 aromatic heterocycles. The fraction of sp³-hybridized carbons (Fsp3) is 0. The van der Waals surface area contributed by atoms with Crippen LogP contribution in [0.3, 0.4) is 0 Å². The second-order valence-electron chi connectivity index (χ2n) is 2.80. The molecule has 0 aliphatic heterocycles. The maximum atomic E-state index is 10.9. The van der Waals surface area contributed by atoms with Crippen LogP contribution in [0.5, 0.6) is 0 Å². The summed E-state index contributed by atoms with van der Waals surface area (Å²) in [6.07, 6.45) is 4.17. The first-order chi connectivity index (χ1) is 7.68. The number of carbonyl (C=O) groups excluding carboxylic acids is 2. The Hall–Kier alpha value is -1.36. The molecule has 0 radical (unpaired) electrons. The zero-order chi connectivity index (χ0) is 11.8. The number of hydrogen-bond acceptors (Lipinski definition) is 4. The quantitative estimate of drug-likeness (QED) is 0.253. The Labute approximate surface area is 121 Å². The van der Waals surface area contributed by atoms with E-state index in [1.54, 1.807) is 6.08 Å². The molecular weight excluding hydrogens is 231 g/mol. The number of carbonyl (C=O) groups is 2. The first kappa shape index (κ1) is 15.6. The van der Waals surface area contributed by atoms with Crippen LogP contribution in [0, 0.1) is 0 Å². The maximum Gasteiger partial charge on any atom is 1.00 e. The standard InChI is InChI=1S/C12H10O4.Na/c13-11(14)6-7-12(15)16-9-8-10-4-2-1-3-5-10;/h1-9H,(H,13,14);/q;+1/p-1/b7-6-,9-8?;. The van der Waals surface area contributed by atoms with E-state index < -0.39 is 11.9 Å². The summed E-state index contributed by atoms with van der Waals surface area (Å²) in [5.74, 6) is -2.21. The monoisotopic (exact) mass is 240 g/mol. The van der Waals surface area contributed by atoms with E-state index in [-0.39, 0.29) is 29.6 Å². The van der Waals surface area contributed by atoms with Gasteiger partial charge in [-0.15, -0.1) is 0 Å². The van der Waals surface area contributed by atoms with Crippen molar-refractivity contribution in [1.82, 2.24) is 0 Å². The van der Waals surface area contributed by atoms with Crippen molar-refractivity contribution in [3.8, 4) is 0 Å². The second kappa shape index (κ2) is 8.75. The van der Waals surface area contributed by atoms with Gasteiger partial charge in [0.05, 0.1) is 12.2 Å². The van der Waals surface area contributed by atoms with Gasteiger partial charge in [-0.1, -0.05) is 30.3 Å². The number of rotatable bonds is 4. The van der Waals surface area contributed by atoms with Crippen LogP contribution in [0.1, 0.15) is 5.56 Å². The van der Waals surface area contributed by atoms with Crippen LogP contribution in [0.2, 0.25) is 0 Å². The summed E-state index contributed by atoms with van der Waals surface area (Å²) in [4.78, 5) is 20.9. The molecule has 1 rings (SSSR count). The predicted molar refractivity (Wildman–Crippen MR) is 55.7 cm³/mol. The minimum absolute atomic E-state index is 0. The van der Waals surface area contributed by atoms with Crippen LogP contribution < -0.4 is 34.7 Å². The van der Waals surface area contributed by atoms with Gasteiger partial charge in [0.1, 0.15) is 0 Å². The van der Waals surface area contributed by atoms with Crippen LogP contribution in [-0.2, 0) is 14.3 Å². The van der Waals surface area contributed by atoms with E-state index in [1.165, 1.54) is 6.26 Å². The predicted octanol–water partition coefficient (Wildman–Crippen LogP) is -2.49. The third-order valence-corrected chi connectivity index (χ3v) is 1.60. The van der Waals surface area contributed by atoms with Crippen LogP contribution in [-0.4, -0.2) is 11.9 Å². The van der Waals surface area contributed by atoms with Crippen LogP contribution in [0.25, 0.3) is 6.08 Å². The van der Waals surface area contributed by atoms with Gasteiger partial charge in [0.25, 0.3) is 0 Å². The summed E-state index contributed by atoms with van der Waals surface area (Å²) < 4.78 is 4.60. The fourth-order valence-corrected chi connectivity index (χ4v) is 0.919. The summed E-state index contributed by atoms with van der Waals surface area (Å²) in [5.41, 5.74) is 0.874. The summed E-state index contributed by atoms with van der Waals surface area (Å²) >= 11 is 0. The Morgan fingerprint density at radius 2 is 1.76 bits per heavy atom. The molecule has 1 aromatic carbocycles. The van der Waals surface area contributed by atoms with Crippen molar-refractivity contribution in [2.24, 2.45) is 0 Å². The molecule has 4 nitrogen and oxygen atoms in total.